The van der Waals surface area contributed by atoms with Crippen LogP contribution in [-0.2, 0) is 30.4 Å². The third-order valence-corrected chi connectivity index (χ3v) is 12.8. The fourth-order valence-electron chi connectivity index (χ4n) is 7.43. The van der Waals surface area contributed by atoms with Gasteiger partial charge >= 0.3 is 0 Å². The van der Waals surface area contributed by atoms with Gasteiger partial charge in [-0.1, -0.05) is 48.5 Å². The zero-order valence-electron chi connectivity index (χ0n) is 34.2. The van der Waals surface area contributed by atoms with Crippen molar-refractivity contribution in [3.05, 3.63) is 144 Å². The second kappa shape index (κ2) is 17.2. The summed E-state index contributed by atoms with van der Waals surface area (Å²) in [5.74, 6) is 0. The van der Waals surface area contributed by atoms with Crippen LogP contribution in [0.5, 0.6) is 0 Å². The van der Waals surface area contributed by atoms with Gasteiger partial charge in [0.15, 0.2) is 0 Å². The quantitative estimate of drug-likeness (QED) is 0.0645. The number of anilines is 1. The summed E-state index contributed by atoms with van der Waals surface area (Å²) in [4.78, 5) is 15.9. The Morgan fingerprint density at radius 3 is 0.797 bits per heavy atom. The molecule has 0 spiro atoms. The molecule has 9 rings (SSSR count). The van der Waals surface area contributed by atoms with Crippen molar-refractivity contribution in [3.63, 3.8) is 0 Å². The molecule has 0 unspecified atom stereocenters. The van der Waals surface area contributed by atoms with E-state index in [0.717, 1.165) is 5.56 Å². The lowest BCUT2D eigenvalue weighted by Gasteiger charge is -2.10. The lowest BCUT2D eigenvalue weighted by atomic mass is 10.0. The van der Waals surface area contributed by atoms with E-state index in [1.165, 1.54) is 72.8 Å². The average Bonchev–Trinajstić information content (AvgIpc) is 4.06. The number of nitrogens with zero attached hydrogens (tertiary/aromatic N) is 2. The van der Waals surface area contributed by atoms with Crippen molar-refractivity contribution >= 4 is 82.4 Å². The van der Waals surface area contributed by atoms with Gasteiger partial charge in [0.05, 0.1) is 37.5 Å². The van der Waals surface area contributed by atoms with Crippen molar-refractivity contribution < 1.29 is 38.9 Å². The first-order valence-corrected chi connectivity index (χ1v) is 22.4. The molecule has 0 saturated heterocycles. The van der Waals surface area contributed by atoms with Gasteiger partial charge < -0.3 is 47.8 Å². The average molecular weight is 921 g/mol. The summed E-state index contributed by atoms with van der Waals surface area (Å²) in [5, 5.41) is 0. The summed E-state index contributed by atoms with van der Waals surface area (Å²) < 4.78 is 107. The van der Waals surface area contributed by atoms with Gasteiger partial charge in [-0.15, -0.1) is 0 Å². The smallest absolute Gasteiger partial charge is 0.124 e. The van der Waals surface area contributed by atoms with E-state index in [0.29, 0.717) is 89.5 Å². The maximum absolute atomic E-state index is 11.9. The minimum atomic E-state index is -4.77. The van der Waals surface area contributed by atoms with Gasteiger partial charge in [0, 0.05) is 50.0 Å². The van der Waals surface area contributed by atoms with E-state index in [4.69, 9.17) is 15.7 Å². The number of nitrogen functional groups attached to an aromatic ring is 1. The summed E-state index contributed by atoms with van der Waals surface area (Å²) in [6.07, 6.45) is 7.16. The molecule has 0 radical (unpaired) electrons. The van der Waals surface area contributed by atoms with Crippen LogP contribution in [0.2, 0.25) is 0 Å². The zero-order chi connectivity index (χ0) is 42.8. The van der Waals surface area contributed by atoms with Crippen LogP contribution in [0.15, 0.2) is 136 Å². The number of rotatable bonds is 7. The monoisotopic (exact) mass is 920 g/mol. The summed E-state index contributed by atoms with van der Waals surface area (Å²) in [6.45, 7) is 0. The molecule has 0 amide bonds. The van der Waals surface area contributed by atoms with Crippen LogP contribution in [0, 0.1) is 0 Å². The molecule has 0 aliphatic carbocycles. The van der Waals surface area contributed by atoms with Crippen LogP contribution in [0.3, 0.4) is 0 Å². The predicted molar refractivity (Wildman–Crippen MR) is 247 cm³/mol. The van der Waals surface area contributed by atoms with Gasteiger partial charge in [-0.05, 0) is 119 Å². The molecule has 0 saturated carbocycles. The largest absolute Gasteiger partial charge is 0.744 e. The van der Waals surface area contributed by atoms with Gasteiger partial charge in [-0.25, -0.2) is 35.2 Å². The Labute approximate surface area is 367 Å². The van der Waals surface area contributed by atoms with Crippen LogP contribution in [-0.4, -0.2) is 58.8 Å². The van der Waals surface area contributed by atoms with E-state index >= 15 is 0 Å². The van der Waals surface area contributed by atoms with Crippen LogP contribution in [0.4, 0.5) is 5.69 Å². The standard InChI is InChI=1S/C44H31N5O9S3.3H3N/c45-29-9-1-25(2-10-29)41-33-17-19-35(46-33)42(26-3-11-30(12-4-26)59(50,51)52)37-21-23-39(48-37)44(28-7-15-32(16-8-28)61(56,57)58)40-24-22-38(49-40)43(36-20-18-34(41)47-36)27-5-13-31(14-6-27)60(53,54)55;;;/h1-24,46,49H,45H2,(H,50,51,52)(H,53,54,55)(H,56,57,58);3*1H3. The molecule has 2 aliphatic heterocycles. The van der Waals surface area contributed by atoms with Crippen molar-refractivity contribution in [2.45, 2.75) is 14.7 Å². The fourth-order valence-corrected chi connectivity index (χ4v) is 8.84. The number of benzene rings is 4. The first-order chi connectivity index (χ1) is 29.0. The molecule has 3 aromatic heterocycles. The van der Waals surface area contributed by atoms with E-state index in [1.54, 1.807) is 36.4 Å². The number of hydrogen-bond donors (Lipinski definition) is 6. The summed E-state index contributed by atoms with van der Waals surface area (Å²) in [6, 6.07) is 30.9. The van der Waals surface area contributed by atoms with Crippen molar-refractivity contribution in [1.82, 2.24) is 38.4 Å². The highest BCUT2D eigenvalue weighted by Gasteiger charge is 2.20. The molecule has 16 N–H and O–H groups in total. The molecule has 328 valence electrons. The van der Waals surface area contributed by atoms with Gasteiger partial charge in [-0.3, -0.25) is 0 Å². The molecule has 20 heteroatoms. The minimum absolute atomic E-state index is 0. The van der Waals surface area contributed by atoms with Gasteiger partial charge in [0.1, 0.15) is 30.4 Å². The topological polar surface area (TPSA) is 364 Å². The van der Waals surface area contributed by atoms with Gasteiger partial charge in [-0.2, -0.15) is 0 Å². The van der Waals surface area contributed by atoms with Gasteiger partial charge in [0.25, 0.3) is 0 Å². The fraction of sp³-hybridized carbons (Fsp3) is 0. The number of nitrogens with two attached hydrogens (primary N) is 1. The lowest BCUT2D eigenvalue weighted by molar-refractivity contribution is 0.461. The van der Waals surface area contributed by atoms with E-state index in [9.17, 15) is 38.9 Å². The Morgan fingerprint density at radius 1 is 0.359 bits per heavy atom. The number of H-pyrrole nitrogens is 2. The molecule has 64 heavy (non-hydrogen) atoms. The van der Waals surface area contributed by atoms with E-state index in [-0.39, 0.29) is 18.5 Å². The Kier molecular flexibility index (Phi) is 12.5. The molecule has 7 aromatic rings. The number of aromatic amines is 2. The zero-order valence-corrected chi connectivity index (χ0v) is 36.7. The second-order valence-corrected chi connectivity index (χ2v) is 18.2. The number of hydrogen-bond acceptors (Lipinski definition) is 12. The van der Waals surface area contributed by atoms with E-state index in [1.807, 2.05) is 36.4 Å². The van der Waals surface area contributed by atoms with Crippen molar-refractivity contribution in [2.24, 2.45) is 0 Å². The normalized spacial score (nSPS) is 12.2. The molecular formula is C44H40N8O9S3. The third kappa shape index (κ3) is 8.76. The Balaban J connectivity index is 0.00000227. The molecule has 17 nitrogen and oxygen atoms in total. The Morgan fingerprint density at radius 2 is 0.578 bits per heavy atom. The molecule has 2 aliphatic rings. The SMILES string of the molecule is Nc1ccc(-c2c3nc(c(-c4ccc(S(=O)(=O)[O-])cc4)c4ccc([nH]4)c(-c4ccc(S(=O)(=O)[O-])cc4)c4nc(c(-c5ccc(S(=O)(=O)[O-])cc5)c5ccc2[nH]5)C=C4)C=C3)cc1.[NH4+].[NH4+].[NH4+]. The summed E-state index contributed by atoms with van der Waals surface area (Å²) >= 11 is 0. The Bertz CT molecular complexity index is 3460. The molecule has 8 bridgehead atoms. The van der Waals surface area contributed by atoms with Crippen LogP contribution >= 0.6 is 0 Å². The summed E-state index contributed by atoms with van der Waals surface area (Å²) in [7, 11) is -14.3. The lowest BCUT2D eigenvalue weighted by Crippen LogP contribution is -1.98. The van der Waals surface area contributed by atoms with E-state index < -0.39 is 45.0 Å². The maximum Gasteiger partial charge on any atom is 0.124 e. The highest BCUT2D eigenvalue weighted by molar-refractivity contribution is 7.86. The number of nitrogens with one attached hydrogen (secondary N) is 2. The third-order valence-electron chi connectivity index (χ3n) is 10.2. The predicted octanol–water partition coefficient (Wildman–Crippen LogP) is 8.75. The molecule has 0 fully saturated rings. The molecule has 0 atom stereocenters. The number of aromatic nitrogens is 4. The Hall–Kier alpha value is -7.11. The van der Waals surface area contributed by atoms with Crippen LogP contribution in [0.1, 0.15) is 22.8 Å². The number of fused-ring (bicyclic) bond motifs is 8. The maximum atomic E-state index is 11.9. The molecule has 5 heterocycles. The minimum Gasteiger partial charge on any atom is -0.744 e. The van der Waals surface area contributed by atoms with Gasteiger partial charge in [0.2, 0.25) is 0 Å². The van der Waals surface area contributed by atoms with Crippen LogP contribution < -0.4 is 24.2 Å². The first-order valence-electron chi connectivity index (χ1n) is 18.2. The number of quaternary nitrogens is 3. The van der Waals surface area contributed by atoms with Crippen molar-refractivity contribution in [2.75, 3.05) is 5.73 Å². The summed E-state index contributed by atoms with van der Waals surface area (Å²) in [5.41, 5.74) is 15.4. The highest BCUT2D eigenvalue weighted by Crippen LogP contribution is 2.39. The second-order valence-electron chi connectivity index (χ2n) is 14.1. The molecule has 4 aromatic carbocycles. The van der Waals surface area contributed by atoms with Crippen molar-refractivity contribution in [1.29, 1.82) is 0 Å². The first kappa shape index (κ1) is 46.4. The van der Waals surface area contributed by atoms with Crippen LogP contribution in [0.25, 0.3) is 90.9 Å². The van der Waals surface area contributed by atoms with E-state index in [2.05, 4.69) is 9.97 Å². The van der Waals surface area contributed by atoms with Crippen molar-refractivity contribution in [3.8, 4) is 44.5 Å². The highest BCUT2D eigenvalue weighted by atomic mass is 32.2. The molecular weight excluding hydrogens is 881 g/mol.